The summed E-state index contributed by atoms with van der Waals surface area (Å²) in [5.41, 5.74) is 5.47. The van der Waals surface area contributed by atoms with E-state index in [0.29, 0.717) is 28.1 Å². The highest BCUT2D eigenvalue weighted by Gasteiger charge is 2.12. The van der Waals surface area contributed by atoms with E-state index in [1.165, 1.54) is 11.6 Å². The zero-order chi connectivity index (χ0) is 23.7. The molecule has 2 aromatic carbocycles. The molecule has 0 bridgehead atoms. The molecule has 0 atom stereocenters. The average molecular weight is 473 g/mol. The van der Waals surface area contributed by atoms with Crippen LogP contribution >= 0.6 is 11.6 Å². The number of halogens is 2. The highest BCUT2D eigenvalue weighted by molar-refractivity contribution is 6.35. The molecule has 5 aromatic rings. The van der Waals surface area contributed by atoms with Crippen molar-refractivity contribution in [3.05, 3.63) is 106 Å². The van der Waals surface area contributed by atoms with Gasteiger partial charge < -0.3 is 10.3 Å². The Morgan fingerprint density at radius 2 is 1.94 bits per heavy atom. The van der Waals surface area contributed by atoms with E-state index in [9.17, 15) is 9.18 Å². The molecule has 0 fully saturated rings. The Hall–Kier alpha value is -3.77. The van der Waals surface area contributed by atoms with Gasteiger partial charge in [-0.05, 0) is 60.0 Å². The van der Waals surface area contributed by atoms with Crippen LogP contribution in [0.5, 0.6) is 0 Å². The predicted molar refractivity (Wildman–Crippen MR) is 133 cm³/mol. The van der Waals surface area contributed by atoms with Gasteiger partial charge >= 0.3 is 0 Å². The average Bonchev–Trinajstić information content (AvgIpc) is 3.21. The molecule has 5 rings (SSSR count). The van der Waals surface area contributed by atoms with E-state index in [4.69, 9.17) is 11.6 Å². The second-order valence-electron chi connectivity index (χ2n) is 8.25. The van der Waals surface area contributed by atoms with Crippen LogP contribution in [0.4, 0.5) is 4.39 Å². The molecule has 3 heterocycles. The number of benzene rings is 2. The summed E-state index contributed by atoms with van der Waals surface area (Å²) in [6, 6.07) is 14.8. The van der Waals surface area contributed by atoms with Crippen molar-refractivity contribution in [2.75, 3.05) is 0 Å². The summed E-state index contributed by atoms with van der Waals surface area (Å²) in [6.07, 6.45) is 6.66. The normalized spacial score (nSPS) is 11.3. The molecule has 34 heavy (non-hydrogen) atoms. The van der Waals surface area contributed by atoms with E-state index in [1.54, 1.807) is 30.6 Å². The number of fused-ring (bicyclic) bond motifs is 2. The number of rotatable bonds is 6. The third-order valence-electron chi connectivity index (χ3n) is 5.91. The monoisotopic (exact) mass is 472 g/mol. The quantitative estimate of drug-likeness (QED) is 0.319. The minimum absolute atomic E-state index is 0.0528. The van der Waals surface area contributed by atoms with E-state index < -0.39 is 5.82 Å². The van der Waals surface area contributed by atoms with Gasteiger partial charge in [0.2, 0.25) is 0 Å². The number of amides is 1. The summed E-state index contributed by atoms with van der Waals surface area (Å²) in [6.45, 7) is 2.16. The van der Waals surface area contributed by atoms with Crippen LogP contribution in [-0.2, 0) is 19.4 Å². The van der Waals surface area contributed by atoms with Gasteiger partial charge in [-0.2, -0.15) is 0 Å². The molecule has 0 aliphatic carbocycles. The molecule has 0 aliphatic rings. The van der Waals surface area contributed by atoms with Gasteiger partial charge in [0.1, 0.15) is 5.82 Å². The maximum atomic E-state index is 14.4. The molecule has 1 amide bonds. The van der Waals surface area contributed by atoms with E-state index in [2.05, 4.69) is 39.3 Å². The SMILES string of the molecule is CCc1cnc2ccc(Cc3cc(C(=O)NCc4cc5c(Cl)c[nH]c5cc4F)ccn3)cc2c1. The van der Waals surface area contributed by atoms with Crippen molar-refractivity contribution in [1.29, 1.82) is 0 Å². The zero-order valence-corrected chi connectivity index (χ0v) is 19.3. The number of carbonyl (C=O) groups excluding carboxylic acids is 1. The van der Waals surface area contributed by atoms with Crippen LogP contribution in [0.2, 0.25) is 5.02 Å². The van der Waals surface area contributed by atoms with Crippen molar-refractivity contribution in [1.82, 2.24) is 20.3 Å². The van der Waals surface area contributed by atoms with E-state index in [1.807, 2.05) is 18.3 Å². The molecular weight excluding hydrogens is 451 g/mol. The molecule has 0 saturated heterocycles. The number of aryl methyl sites for hydroxylation is 1. The third kappa shape index (κ3) is 4.50. The van der Waals surface area contributed by atoms with Gasteiger partial charge in [0.25, 0.3) is 5.91 Å². The van der Waals surface area contributed by atoms with Gasteiger partial charge in [0.05, 0.1) is 10.5 Å². The van der Waals surface area contributed by atoms with Gasteiger partial charge in [-0.15, -0.1) is 0 Å². The van der Waals surface area contributed by atoms with Crippen molar-refractivity contribution in [3.8, 4) is 0 Å². The first-order valence-electron chi connectivity index (χ1n) is 11.1. The predicted octanol–water partition coefficient (Wildman–Crippen LogP) is 5.99. The smallest absolute Gasteiger partial charge is 0.251 e. The van der Waals surface area contributed by atoms with Crippen molar-refractivity contribution in [3.63, 3.8) is 0 Å². The summed E-state index contributed by atoms with van der Waals surface area (Å²) in [5.74, 6) is -0.697. The van der Waals surface area contributed by atoms with Gasteiger partial charge in [0.15, 0.2) is 0 Å². The number of nitrogens with one attached hydrogen (secondary N) is 2. The number of aromatic nitrogens is 3. The number of pyridine rings is 2. The zero-order valence-electron chi connectivity index (χ0n) is 18.5. The Labute approximate surface area is 201 Å². The van der Waals surface area contributed by atoms with Crippen LogP contribution in [0.25, 0.3) is 21.8 Å². The van der Waals surface area contributed by atoms with Gasteiger partial charge in [-0.25, -0.2) is 4.39 Å². The molecule has 2 N–H and O–H groups in total. The molecule has 0 radical (unpaired) electrons. The molecule has 5 nitrogen and oxygen atoms in total. The summed E-state index contributed by atoms with van der Waals surface area (Å²) >= 11 is 6.14. The fourth-order valence-electron chi connectivity index (χ4n) is 4.02. The van der Waals surface area contributed by atoms with Gasteiger partial charge in [-0.3, -0.25) is 14.8 Å². The number of aromatic amines is 1. The second-order valence-corrected chi connectivity index (χ2v) is 8.65. The van der Waals surface area contributed by atoms with Gasteiger partial charge in [-0.1, -0.05) is 24.6 Å². The van der Waals surface area contributed by atoms with Crippen LogP contribution in [0.3, 0.4) is 0 Å². The van der Waals surface area contributed by atoms with E-state index in [-0.39, 0.29) is 12.5 Å². The first-order valence-corrected chi connectivity index (χ1v) is 11.4. The van der Waals surface area contributed by atoms with Crippen LogP contribution in [-0.4, -0.2) is 20.9 Å². The van der Waals surface area contributed by atoms with Crippen LogP contribution in [0.15, 0.2) is 67.1 Å². The largest absolute Gasteiger partial charge is 0.360 e. The molecule has 0 unspecified atom stereocenters. The Kier molecular flexibility index (Phi) is 5.99. The minimum Gasteiger partial charge on any atom is -0.360 e. The fourth-order valence-corrected chi connectivity index (χ4v) is 4.23. The summed E-state index contributed by atoms with van der Waals surface area (Å²) < 4.78 is 14.4. The lowest BCUT2D eigenvalue weighted by molar-refractivity contribution is 0.0950. The fraction of sp³-hybridized carbons (Fsp3) is 0.148. The molecule has 170 valence electrons. The Balaban J connectivity index is 1.31. The number of hydrogen-bond acceptors (Lipinski definition) is 3. The Morgan fingerprint density at radius 3 is 2.79 bits per heavy atom. The van der Waals surface area contributed by atoms with Crippen LogP contribution < -0.4 is 5.32 Å². The topological polar surface area (TPSA) is 70.7 Å². The summed E-state index contributed by atoms with van der Waals surface area (Å²) in [5, 5.41) is 5.11. The van der Waals surface area contributed by atoms with Crippen molar-refractivity contribution >= 4 is 39.3 Å². The molecule has 0 saturated carbocycles. The summed E-state index contributed by atoms with van der Waals surface area (Å²) in [4.78, 5) is 24.6. The molecule has 0 aliphatic heterocycles. The maximum Gasteiger partial charge on any atom is 0.251 e. The highest BCUT2D eigenvalue weighted by Crippen LogP contribution is 2.26. The first-order chi connectivity index (χ1) is 16.5. The molecule has 7 heteroatoms. The second kappa shape index (κ2) is 9.23. The van der Waals surface area contributed by atoms with Crippen LogP contribution in [0.1, 0.15) is 39.7 Å². The highest BCUT2D eigenvalue weighted by atomic mass is 35.5. The maximum absolute atomic E-state index is 14.4. The Morgan fingerprint density at radius 1 is 1.09 bits per heavy atom. The van der Waals surface area contributed by atoms with Crippen LogP contribution in [0, 0.1) is 5.82 Å². The van der Waals surface area contributed by atoms with E-state index in [0.717, 1.165) is 34.0 Å². The standard InChI is InChI=1S/C27H22ClFN4O/c1-2-16-7-19-8-17(3-4-25(19)31-13-16)9-21-10-18(5-6-30-21)27(34)33-14-20-11-22-23(28)15-32-26(22)12-24(20)29/h3-8,10-13,15,32H,2,9,14H2,1H3,(H,33,34). The van der Waals surface area contributed by atoms with Crippen molar-refractivity contribution < 1.29 is 9.18 Å². The molecule has 0 spiro atoms. The number of carbonyl (C=O) groups is 1. The third-order valence-corrected chi connectivity index (χ3v) is 6.22. The van der Waals surface area contributed by atoms with Crippen molar-refractivity contribution in [2.24, 2.45) is 0 Å². The number of nitrogens with zero attached hydrogens (tertiary/aromatic N) is 2. The van der Waals surface area contributed by atoms with Gasteiger partial charge in [0, 0.05) is 64.7 Å². The lowest BCUT2D eigenvalue weighted by Crippen LogP contribution is -2.23. The first kappa shape index (κ1) is 22.0. The summed E-state index contributed by atoms with van der Waals surface area (Å²) in [7, 11) is 0. The molecular formula is C27H22ClFN4O. The minimum atomic E-state index is -0.404. The lowest BCUT2D eigenvalue weighted by Gasteiger charge is -2.09. The number of H-pyrrole nitrogens is 1. The Bertz CT molecular complexity index is 1530. The molecule has 3 aromatic heterocycles. The lowest BCUT2D eigenvalue weighted by atomic mass is 10.0. The number of hydrogen-bond donors (Lipinski definition) is 2. The van der Waals surface area contributed by atoms with E-state index >= 15 is 0 Å². The van der Waals surface area contributed by atoms with Crippen molar-refractivity contribution in [2.45, 2.75) is 26.3 Å².